The number of esters is 1. The SMILES string of the molecule is CCOC(=O)[C@@H]1CCCN(C(=O)c2ccc3[nH]c4c(c3c2)CN(C2CCCC2)CC4)C1. The number of H-pyrrole nitrogens is 1. The van der Waals surface area contributed by atoms with Gasteiger partial charge in [0.25, 0.3) is 5.91 Å². The predicted octanol–water partition coefficient (Wildman–Crippen LogP) is 3.88. The van der Waals surface area contributed by atoms with Gasteiger partial charge in [0.05, 0.1) is 12.5 Å². The molecule has 0 radical (unpaired) electrons. The first-order chi connectivity index (χ1) is 15.1. The molecule has 0 bridgehead atoms. The van der Waals surface area contributed by atoms with Crippen LogP contribution in [0.1, 0.15) is 67.1 Å². The molecule has 31 heavy (non-hydrogen) atoms. The van der Waals surface area contributed by atoms with E-state index in [0.717, 1.165) is 49.5 Å². The topological polar surface area (TPSA) is 65.6 Å². The summed E-state index contributed by atoms with van der Waals surface area (Å²) in [7, 11) is 0. The van der Waals surface area contributed by atoms with Crippen molar-refractivity contribution in [3.63, 3.8) is 0 Å². The van der Waals surface area contributed by atoms with Crippen molar-refractivity contribution in [1.29, 1.82) is 0 Å². The lowest BCUT2D eigenvalue weighted by atomic mass is 9.97. The smallest absolute Gasteiger partial charge is 0.310 e. The number of rotatable bonds is 4. The van der Waals surface area contributed by atoms with Crippen molar-refractivity contribution in [2.45, 2.75) is 64.5 Å². The Kier molecular flexibility index (Phi) is 5.74. The Morgan fingerprint density at radius 1 is 1.13 bits per heavy atom. The Hall–Kier alpha value is -2.34. The van der Waals surface area contributed by atoms with Gasteiger partial charge in [0, 0.05) is 60.8 Å². The highest BCUT2D eigenvalue weighted by atomic mass is 16.5. The molecule has 1 aliphatic carbocycles. The minimum atomic E-state index is -0.207. The standard InChI is InChI=1S/C25H33N3O3/c1-2-31-25(30)18-6-5-12-28(15-18)24(29)17-9-10-22-20(14-17)21-16-27(13-11-23(21)26-22)19-7-3-4-8-19/h9-10,14,18-19,26H,2-8,11-13,15-16H2,1H3/t18-/m1/s1. The maximum Gasteiger partial charge on any atom is 0.310 e. The summed E-state index contributed by atoms with van der Waals surface area (Å²) in [5.74, 6) is -0.363. The zero-order valence-electron chi connectivity index (χ0n) is 18.5. The van der Waals surface area contributed by atoms with Gasteiger partial charge in [-0.2, -0.15) is 0 Å². The van der Waals surface area contributed by atoms with E-state index in [0.29, 0.717) is 19.7 Å². The number of fused-ring (bicyclic) bond motifs is 3. The molecule has 1 aromatic carbocycles. The molecule has 2 aromatic rings. The van der Waals surface area contributed by atoms with Crippen LogP contribution in [0, 0.1) is 5.92 Å². The number of nitrogens with zero attached hydrogens (tertiary/aromatic N) is 2. The summed E-state index contributed by atoms with van der Waals surface area (Å²) in [5.41, 5.74) is 4.54. The van der Waals surface area contributed by atoms with Crippen molar-refractivity contribution in [3.8, 4) is 0 Å². The van der Waals surface area contributed by atoms with Crippen LogP contribution in [0.15, 0.2) is 18.2 Å². The predicted molar refractivity (Wildman–Crippen MR) is 120 cm³/mol. The van der Waals surface area contributed by atoms with E-state index in [1.165, 1.54) is 42.3 Å². The molecule has 1 atom stereocenters. The molecule has 1 saturated heterocycles. The number of carbonyl (C=O) groups is 2. The molecule has 0 unspecified atom stereocenters. The molecule has 3 aliphatic rings. The molecule has 0 spiro atoms. The molecule has 6 nitrogen and oxygen atoms in total. The summed E-state index contributed by atoms with van der Waals surface area (Å²) in [5, 5.41) is 1.18. The average molecular weight is 424 g/mol. The summed E-state index contributed by atoms with van der Waals surface area (Å²) in [4.78, 5) is 33.5. The van der Waals surface area contributed by atoms with Gasteiger partial charge in [0.2, 0.25) is 0 Å². The lowest BCUT2D eigenvalue weighted by Crippen LogP contribution is -2.42. The summed E-state index contributed by atoms with van der Waals surface area (Å²) < 4.78 is 5.19. The number of carbonyl (C=O) groups excluding carboxylic acids is 2. The van der Waals surface area contributed by atoms with Crippen molar-refractivity contribution in [2.24, 2.45) is 5.92 Å². The molecule has 3 heterocycles. The summed E-state index contributed by atoms with van der Waals surface area (Å²) in [6, 6.07) is 6.76. The number of likely N-dealkylation sites (tertiary alicyclic amines) is 1. The number of hydrogen-bond donors (Lipinski definition) is 1. The van der Waals surface area contributed by atoms with E-state index in [1.54, 1.807) is 0 Å². The zero-order chi connectivity index (χ0) is 21.4. The van der Waals surface area contributed by atoms with Gasteiger partial charge in [-0.3, -0.25) is 14.5 Å². The monoisotopic (exact) mass is 423 g/mol. The Morgan fingerprint density at radius 2 is 1.97 bits per heavy atom. The minimum Gasteiger partial charge on any atom is -0.466 e. The average Bonchev–Trinajstić information content (AvgIpc) is 3.46. The number of aromatic amines is 1. The lowest BCUT2D eigenvalue weighted by Gasteiger charge is -2.32. The second-order valence-electron chi connectivity index (χ2n) is 9.34. The van der Waals surface area contributed by atoms with E-state index >= 15 is 0 Å². The highest BCUT2D eigenvalue weighted by molar-refractivity contribution is 5.99. The molecule has 2 aliphatic heterocycles. The van der Waals surface area contributed by atoms with Crippen LogP contribution >= 0.6 is 0 Å². The number of benzene rings is 1. The summed E-state index contributed by atoms with van der Waals surface area (Å²) in [6.07, 6.45) is 8.02. The van der Waals surface area contributed by atoms with Gasteiger partial charge in [-0.1, -0.05) is 12.8 Å². The van der Waals surface area contributed by atoms with Crippen LogP contribution in [0.3, 0.4) is 0 Å². The number of hydrogen-bond acceptors (Lipinski definition) is 4. The molecule has 1 saturated carbocycles. The fourth-order valence-electron chi connectivity index (χ4n) is 5.75. The number of amides is 1. The first-order valence-electron chi connectivity index (χ1n) is 12.0. The van der Waals surface area contributed by atoms with Gasteiger partial charge in [0.1, 0.15) is 0 Å². The van der Waals surface area contributed by atoms with Gasteiger partial charge in [-0.25, -0.2) is 0 Å². The Labute approximate surface area is 183 Å². The van der Waals surface area contributed by atoms with Gasteiger partial charge in [-0.05, 0) is 56.4 Å². The third kappa shape index (κ3) is 3.98. The zero-order valence-corrected chi connectivity index (χ0v) is 18.5. The Bertz CT molecular complexity index is 976. The van der Waals surface area contributed by atoms with Crippen molar-refractivity contribution >= 4 is 22.8 Å². The van der Waals surface area contributed by atoms with E-state index in [2.05, 4.69) is 16.0 Å². The lowest BCUT2D eigenvalue weighted by molar-refractivity contribution is -0.149. The van der Waals surface area contributed by atoms with Gasteiger partial charge in [0.15, 0.2) is 0 Å². The first kappa shape index (κ1) is 20.6. The Morgan fingerprint density at radius 3 is 2.77 bits per heavy atom. The normalized spacial score (nSPS) is 22.6. The molecule has 6 heteroatoms. The van der Waals surface area contributed by atoms with Crippen LogP contribution in [0.4, 0.5) is 0 Å². The van der Waals surface area contributed by atoms with Gasteiger partial charge in [-0.15, -0.1) is 0 Å². The van der Waals surface area contributed by atoms with Crippen LogP contribution in [0.5, 0.6) is 0 Å². The highest BCUT2D eigenvalue weighted by Gasteiger charge is 2.31. The van der Waals surface area contributed by atoms with Gasteiger partial charge < -0.3 is 14.6 Å². The van der Waals surface area contributed by atoms with Crippen LogP contribution in [0.2, 0.25) is 0 Å². The second kappa shape index (κ2) is 8.65. The first-order valence-corrected chi connectivity index (χ1v) is 12.0. The molecule has 1 amide bonds. The quantitative estimate of drug-likeness (QED) is 0.758. The summed E-state index contributed by atoms with van der Waals surface area (Å²) >= 11 is 0. The maximum absolute atomic E-state index is 13.3. The van der Waals surface area contributed by atoms with E-state index < -0.39 is 0 Å². The van der Waals surface area contributed by atoms with Crippen LogP contribution in [0.25, 0.3) is 10.9 Å². The minimum absolute atomic E-state index is 0.0225. The Balaban J connectivity index is 1.36. The third-order valence-electron chi connectivity index (χ3n) is 7.42. The van der Waals surface area contributed by atoms with E-state index in [1.807, 2.05) is 24.0 Å². The fraction of sp³-hybridized carbons (Fsp3) is 0.600. The number of nitrogens with one attached hydrogen (secondary N) is 1. The van der Waals surface area contributed by atoms with Crippen molar-refractivity contribution < 1.29 is 14.3 Å². The molecule has 2 fully saturated rings. The van der Waals surface area contributed by atoms with Crippen LogP contribution in [-0.2, 0) is 22.5 Å². The van der Waals surface area contributed by atoms with E-state index in [9.17, 15) is 9.59 Å². The maximum atomic E-state index is 13.3. The van der Waals surface area contributed by atoms with Crippen LogP contribution in [-0.4, -0.2) is 58.9 Å². The third-order valence-corrected chi connectivity index (χ3v) is 7.42. The fourth-order valence-corrected chi connectivity index (χ4v) is 5.75. The van der Waals surface area contributed by atoms with Crippen molar-refractivity contribution in [1.82, 2.24) is 14.8 Å². The molecule has 166 valence electrons. The van der Waals surface area contributed by atoms with Crippen LogP contribution < -0.4 is 0 Å². The second-order valence-corrected chi connectivity index (χ2v) is 9.34. The highest BCUT2D eigenvalue weighted by Crippen LogP contribution is 2.33. The molecule has 1 aromatic heterocycles. The van der Waals surface area contributed by atoms with Crippen molar-refractivity contribution in [2.75, 3.05) is 26.2 Å². The van der Waals surface area contributed by atoms with Crippen molar-refractivity contribution in [3.05, 3.63) is 35.0 Å². The summed E-state index contributed by atoms with van der Waals surface area (Å²) in [6.45, 7) is 5.47. The molecular weight excluding hydrogens is 390 g/mol. The molecular formula is C25H33N3O3. The van der Waals surface area contributed by atoms with Gasteiger partial charge >= 0.3 is 5.97 Å². The number of aromatic nitrogens is 1. The largest absolute Gasteiger partial charge is 0.466 e. The molecule has 1 N–H and O–H groups in total. The van der Waals surface area contributed by atoms with E-state index in [4.69, 9.17) is 4.74 Å². The van der Waals surface area contributed by atoms with E-state index in [-0.39, 0.29) is 17.8 Å². The molecule has 5 rings (SSSR count). The number of ether oxygens (including phenoxy) is 1. The number of piperidine rings is 1.